The number of hydrogen-bond donors (Lipinski definition) is 1. The average molecular weight is 318 g/mol. The number of nitrogens with zero attached hydrogens (tertiary/aromatic N) is 1. The molecule has 0 atom stereocenters. The molecule has 1 aromatic heterocycles. The number of thiazole rings is 1. The summed E-state index contributed by atoms with van der Waals surface area (Å²) in [6, 6.07) is 16.9. The lowest BCUT2D eigenvalue weighted by molar-refractivity contribution is 1.28. The summed E-state index contributed by atoms with van der Waals surface area (Å²) < 4.78 is 2.39. The maximum atomic E-state index is 5.48. The van der Waals surface area contributed by atoms with Gasteiger partial charge in [-0.3, -0.25) is 5.14 Å². The van der Waals surface area contributed by atoms with E-state index in [1.807, 2.05) is 6.07 Å². The first-order chi connectivity index (χ1) is 9.85. The highest BCUT2D eigenvalue weighted by Gasteiger charge is 2.04. The third-order valence-electron chi connectivity index (χ3n) is 2.91. The fraction of sp³-hybridized carbons (Fsp3) is 0.133. The summed E-state index contributed by atoms with van der Waals surface area (Å²) in [5.74, 6) is 1.82. The number of rotatable bonds is 5. The van der Waals surface area contributed by atoms with Gasteiger partial charge in [-0.2, -0.15) is 0 Å². The molecule has 0 radical (unpaired) electrons. The molecular formula is C15H14N2S3. The zero-order valence-electron chi connectivity index (χ0n) is 10.8. The standard InChI is InChI=1S/C15H14N2S3/c16-19-10-12-7-5-11(6-8-12)9-18-15-17-13-3-1-2-4-14(13)20-15/h1-8H,9-10,16H2. The molecular weight excluding hydrogens is 304 g/mol. The molecule has 0 aliphatic heterocycles. The molecule has 20 heavy (non-hydrogen) atoms. The molecule has 0 saturated carbocycles. The zero-order valence-corrected chi connectivity index (χ0v) is 13.2. The maximum Gasteiger partial charge on any atom is 0.151 e. The lowest BCUT2D eigenvalue weighted by Gasteiger charge is -2.01. The van der Waals surface area contributed by atoms with Crippen LogP contribution in [0.15, 0.2) is 52.9 Å². The molecule has 2 nitrogen and oxygen atoms in total. The minimum absolute atomic E-state index is 0.866. The van der Waals surface area contributed by atoms with Crippen LogP contribution in [0.3, 0.4) is 0 Å². The smallest absolute Gasteiger partial charge is 0.151 e. The fourth-order valence-electron chi connectivity index (χ4n) is 1.89. The van der Waals surface area contributed by atoms with Gasteiger partial charge in [-0.15, -0.1) is 11.3 Å². The molecule has 0 fully saturated rings. The van der Waals surface area contributed by atoms with Gasteiger partial charge in [-0.05, 0) is 23.3 Å². The van der Waals surface area contributed by atoms with Gasteiger partial charge in [0, 0.05) is 11.5 Å². The Morgan fingerprint density at radius 3 is 2.35 bits per heavy atom. The van der Waals surface area contributed by atoms with Gasteiger partial charge in [-0.25, -0.2) is 4.98 Å². The van der Waals surface area contributed by atoms with Gasteiger partial charge in [0.1, 0.15) is 0 Å². The predicted molar refractivity (Wildman–Crippen MR) is 91.1 cm³/mol. The molecule has 1 heterocycles. The summed E-state index contributed by atoms with van der Waals surface area (Å²) in [6.07, 6.45) is 0. The quantitative estimate of drug-likeness (QED) is 0.547. The van der Waals surface area contributed by atoms with Crippen molar-refractivity contribution in [3.8, 4) is 0 Å². The van der Waals surface area contributed by atoms with Gasteiger partial charge in [-0.1, -0.05) is 60.1 Å². The second-order valence-corrected chi connectivity index (χ2v) is 7.24. The van der Waals surface area contributed by atoms with Crippen molar-refractivity contribution < 1.29 is 0 Å². The second kappa shape index (κ2) is 6.63. The normalized spacial score (nSPS) is 11.1. The Hall–Kier alpha value is -1.01. The fourth-order valence-corrected chi connectivity index (χ4v) is 4.30. The summed E-state index contributed by atoms with van der Waals surface area (Å²) in [5.41, 5.74) is 3.68. The van der Waals surface area contributed by atoms with Crippen molar-refractivity contribution in [3.05, 3.63) is 59.7 Å². The van der Waals surface area contributed by atoms with Gasteiger partial charge in [0.05, 0.1) is 10.2 Å². The van der Waals surface area contributed by atoms with Crippen molar-refractivity contribution >= 4 is 45.3 Å². The summed E-state index contributed by atoms with van der Waals surface area (Å²) in [6.45, 7) is 0. The first-order valence-electron chi connectivity index (χ1n) is 6.23. The van der Waals surface area contributed by atoms with Crippen molar-refractivity contribution in [1.82, 2.24) is 4.98 Å². The lowest BCUT2D eigenvalue weighted by atomic mass is 10.2. The molecule has 5 heteroatoms. The number of fused-ring (bicyclic) bond motifs is 1. The molecule has 0 bridgehead atoms. The Balaban J connectivity index is 1.66. The van der Waals surface area contributed by atoms with Crippen LogP contribution in [0.4, 0.5) is 0 Å². The number of benzene rings is 2. The summed E-state index contributed by atoms with van der Waals surface area (Å²) >= 11 is 4.92. The van der Waals surface area contributed by atoms with Crippen LogP contribution in [0.1, 0.15) is 11.1 Å². The molecule has 0 spiro atoms. The topological polar surface area (TPSA) is 38.9 Å². The molecule has 3 aromatic rings. The Bertz CT molecular complexity index is 659. The van der Waals surface area contributed by atoms with Crippen molar-refractivity contribution in [2.45, 2.75) is 15.8 Å². The molecule has 0 aliphatic rings. The number of nitrogens with two attached hydrogens (primary N) is 1. The highest BCUT2D eigenvalue weighted by atomic mass is 32.2. The van der Waals surface area contributed by atoms with Crippen LogP contribution >= 0.6 is 35.0 Å². The van der Waals surface area contributed by atoms with E-state index in [2.05, 4.69) is 47.4 Å². The molecule has 102 valence electrons. The molecule has 2 aromatic carbocycles. The first-order valence-corrected chi connectivity index (χ1v) is 9.08. The van der Waals surface area contributed by atoms with Crippen LogP contribution in [-0.2, 0) is 11.5 Å². The molecule has 0 aliphatic carbocycles. The third-order valence-corrected chi connectivity index (χ3v) is 5.66. The average Bonchev–Trinajstić information content (AvgIpc) is 2.90. The lowest BCUT2D eigenvalue weighted by Crippen LogP contribution is -1.86. The highest BCUT2D eigenvalue weighted by molar-refractivity contribution is 8.00. The molecule has 3 rings (SSSR count). The van der Waals surface area contributed by atoms with Crippen LogP contribution in [-0.4, -0.2) is 4.98 Å². The molecule has 2 N–H and O–H groups in total. The molecule has 0 saturated heterocycles. The molecule has 0 unspecified atom stereocenters. The summed E-state index contributed by atoms with van der Waals surface area (Å²) in [5, 5.41) is 5.48. The SMILES string of the molecule is NSCc1ccc(CSc2nc3ccccc3s2)cc1. The first kappa shape index (κ1) is 13.9. The largest absolute Gasteiger partial charge is 0.278 e. The van der Waals surface area contributed by atoms with E-state index in [1.165, 1.54) is 27.8 Å². The van der Waals surface area contributed by atoms with Crippen molar-refractivity contribution in [2.75, 3.05) is 0 Å². The van der Waals surface area contributed by atoms with E-state index in [0.29, 0.717) is 0 Å². The number of hydrogen-bond acceptors (Lipinski definition) is 5. The van der Waals surface area contributed by atoms with Gasteiger partial charge in [0.25, 0.3) is 0 Å². The summed E-state index contributed by atoms with van der Waals surface area (Å²) in [4.78, 5) is 4.64. The molecule has 0 amide bonds. The second-order valence-electron chi connectivity index (χ2n) is 4.36. The van der Waals surface area contributed by atoms with E-state index < -0.39 is 0 Å². The number of aromatic nitrogens is 1. The Kier molecular flexibility index (Phi) is 4.62. The third kappa shape index (κ3) is 3.35. The number of thioether (sulfide) groups is 1. The van der Waals surface area contributed by atoms with Crippen molar-refractivity contribution in [3.63, 3.8) is 0 Å². The Labute approximate surface area is 130 Å². The minimum atomic E-state index is 0.866. The van der Waals surface area contributed by atoms with E-state index >= 15 is 0 Å². The Morgan fingerprint density at radius 2 is 1.65 bits per heavy atom. The summed E-state index contributed by atoms with van der Waals surface area (Å²) in [7, 11) is 0. The van der Waals surface area contributed by atoms with Gasteiger partial charge in [0.15, 0.2) is 4.34 Å². The van der Waals surface area contributed by atoms with Gasteiger partial charge in [0.2, 0.25) is 0 Å². The van der Waals surface area contributed by atoms with E-state index in [4.69, 9.17) is 5.14 Å². The van der Waals surface area contributed by atoms with Crippen LogP contribution in [0.25, 0.3) is 10.2 Å². The maximum absolute atomic E-state index is 5.48. The Morgan fingerprint density at radius 1 is 0.950 bits per heavy atom. The monoisotopic (exact) mass is 318 g/mol. The van der Waals surface area contributed by atoms with Crippen LogP contribution in [0.2, 0.25) is 0 Å². The predicted octanol–water partition coefficient (Wildman–Crippen LogP) is 4.70. The zero-order chi connectivity index (χ0) is 13.8. The van der Waals surface area contributed by atoms with Crippen molar-refractivity contribution in [1.29, 1.82) is 0 Å². The minimum Gasteiger partial charge on any atom is -0.278 e. The van der Waals surface area contributed by atoms with E-state index in [0.717, 1.165) is 21.4 Å². The van der Waals surface area contributed by atoms with Crippen LogP contribution < -0.4 is 5.14 Å². The van der Waals surface area contributed by atoms with Gasteiger partial charge < -0.3 is 0 Å². The van der Waals surface area contributed by atoms with E-state index in [-0.39, 0.29) is 0 Å². The van der Waals surface area contributed by atoms with Gasteiger partial charge >= 0.3 is 0 Å². The van der Waals surface area contributed by atoms with Crippen molar-refractivity contribution in [2.24, 2.45) is 5.14 Å². The van der Waals surface area contributed by atoms with E-state index in [9.17, 15) is 0 Å². The van der Waals surface area contributed by atoms with Crippen LogP contribution in [0, 0.1) is 0 Å². The van der Waals surface area contributed by atoms with E-state index in [1.54, 1.807) is 23.1 Å². The highest BCUT2D eigenvalue weighted by Crippen LogP contribution is 2.31. The number of para-hydroxylation sites is 1. The van der Waals surface area contributed by atoms with Crippen LogP contribution in [0.5, 0.6) is 0 Å².